The molecule has 0 spiro atoms. The van der Waals surface area contributed by atoms with Crippen LogP contribution in [0.4, 0.5) is 0 Å². The molecule has 0 aliphatic carbocycles. The highest BCUT2D eigenvalue weighted by Crippen LogP contribution is 2.34. The van der Waals surface area contributed by atoms with Gasteiger partial charge in [0.05, 0.1) is 18.8 Å². The summed E-state index contributed by atoms with van der Waals surface area (Å²) in [5.74, 6) is 0. The van der Waals surface area contributed by atoms with Crippen molar-refractivity contribution in [3.63, 3.8) is 0 Å². The zero-order valence-corrected chi connectivity index (χ0v) is 19.8. The van der Waals surface area contributed by atoms with Crippen LogP contribution in [0.1, 0.15) is 65.6 Å². The van der Waals surface area contributed by atoms with E-state index in [-0.39, 0.29) is 13.2 Å². The summed E-state index contributed by atoms with van der Waals surface area (Å²) in [6, 6.07) is 18.9. The molecule has 0 aliphatic heterocycles. The van der Waals surface area contributed by atoms with Crippen LogP contribution >= 0.6 is 0 Å². The molecule has 0 atom stereocenters. The average molecular weight is 433 g/mol. The molecule has 0 heterocycles. The van der Waals surface area contributed by atoms with Gasteiger partial charge in [-0.05, 0) is 89.6 Å². The van der Waals surface area contributed by atoms with Crippen LogP contribution in [0.3, 0.4) is 0 Å². The fourth-order valence-corrected chi connectivity index (χ4v) is 4.45. The van der Waals surface area contributed by atoms with Gasteiger partial charge in [0.1, 0.15) is 0 Å². The molecular formula is C29H36O3. The van der Waals surface area contributed by atoms with Gasteiger partial charge in [-0.1, -0.05) is 68.4 Å². The van der Waals surface area contributed by atoms with Gasteiger partial charge in [-0.15, -0.1) is 0 Å². The first-order valence-electron chi connectivity index (χ1n) is 11.6. The topological polar surface area (TPSA) is 60.7 Å². The van der Waals surface area contributed by atoms with E-state index < -0.39 is 5.60 Å². The third-order valence-corrected chi connectivity index (χ3v) is 6.84. The molecule has 32 heavy (non-hydrogen) atoms. The first-order valence-corrected chi connectivity index (χ1v) is 11.6. The second-order valence-corrected chi connectivity index (χ2v) is 8.84. The second kappa shape index (κ2) is 10.4. The van der Waals surface area contributed by atoms with Crippen molar-refractivity contribution in [3.05, 3.63) is 93.5 Å². The van der Waals surface area contributed by atoms with Gasteiger partial charge in [-0.2, -0.15) is 0 Å². The van der Waals surface area contributed by atoms with E-state index in [1.54, 1.807) is 0 Å². The Bertz CT molecular complexity index is 1060. The predicted molar refractivity (Wildman–Crippen MR) is 132 cm³/mol. The highest BCUT2D eigenvalue weighted by atomic mass is 16.3. The molecule has 3 rings (SSSR count). The lowest BCUT2D eigenvalue weighted by Crippen LogP contribution is -2.23. The summed E-state index contributed by atoms with van der Waals surface area (Å²) in [5.41, 5.74) is 9.08. The standard InChI is InChI=1S/C29H36O3/c1-5-29(32,6-2)26-13-14-27(21(4)15-26)28-17-23(8-7-20(28)3)10-9-22-11-12-24(18-30)25(16-22)19-31/h7-8,11-17,30-32H,5-6,9-10,18-19H2,1-4H3. The molecule has 0 bridgehead atoms. The van der Waals surface area contributed by atoms with Crippen molar-refractivity contribution in [3.8, 4) is 11.1 Å². The van der Waals surface area contributed by atoms with E-state index >= 15 is 0 Å². The van der Waals surface area contributed by atoms with Gasteiger partial charge in [0.25, 0.3) is 0 Å². The summed E-state index contributed by atoms with van der Waals surface area (Å²) in [7, 11) is 0. The van der Waals surface area contributed by atoms with Crippen molar-refractivity contribution in [1.29, 1.82) is 0 Å². The van der Waals surface area contributed by atoms with E-state index in [2.05, 4.69) is 50.2 Å². The summed E-state index contributed by atoms with van der Waals surface area (Å²) in [5, 5.41) is 29.9. The lowest BCUT2D eigenvalue weighted by Gasteiger charge is -2.27. The Labute approximate surface area is 192 Å². The van der Waals surface area contributed by atoms with Crippen LogP contribution in [0.5, 0.6) is 0 Å². The molecule has 0 saturated heterocycles. The summed E-state index contributed by atoms with van der Waals surface area (Å²) in [4.78, 5) is 0. The number of benzene rings is 3. The second-order valence-electron chi connectivity index (χ2n) is 8.84. The van der Waals surface area contributed by atoms with Gasteiger partial charge in [0, 0.05) is 0 Å². The third-order valence-electron chi connectivity index (χ3n) is 6.84. The fraction of sp³-hybridized carbons (Fsp3) is 0.379. The van der Waals surface area contributed by atoms with Crippen molar-refractivity contribution in [1.82, 2.24) is 0 Å². The van der Waals surface area contributed by atoms with Gasteiger partial charge in [-0.25, -0.2) is 0 Å². The molecule has 170 valence electrons. The van der Waals surface area contributed by atoms with E-state index in [0.717, 1.165) is 35.1 Å². The molecule has 3 N–H and O–H groups in total. The maximum atomic E-state index is 10.9. The van der Waals surface area contributed by atoms with E-state index in [9.17, 15) is 15.3 Å². The van der Waals surface area contributed by atoms with Crippen LogP contribution in [-0.2, 0) is 31.7 Å². The maximum absolute atomic E-state index is 10.9. The van der Waals surface area contributed by atoms with Gasteiger partial charge in [0.15, 0.2) is 0 Å². The van der Waals surface area contributed by atoms with Gasteiger partial charge in [0.2, 0.25) is 0 Å². The molecule has 3 nitrogen and oxygen atoms in total. The quantitative estimate of drug-likeness (QED) is 0.404. The van der Waals surface area contributed by atoms with E-state index in [1.165, 1.54) is 27.8 Å². The van der Waals surface area contributed by atoms with Gasteiger partial charge in [-0.3, -0.25) is 0 Å². The van der Waals surface area contributed by atoms with Gasteiger partial charge < -0.3 is 15.3 Å². The highest BCUT2D eigenvalue weighted by molar-refractivity contribution is 5.71. The van der Waals surface area contributed by atoms with Gasteiger partial charge >= 0.3 is 0 Å². The lowest BCUT2D eigenvalue weighted by atomic mass is 9.85. The van der Waals surface area contributed by atoms with Crippen molar-refractivity contribution in [2.45, 2.75) is 72.2 Å². The third kappa shape index (κ3) is 5.12. The van der Waals surface area contributed by atoms with E-state index in [0.29, 0.717) is 12.8 Å². The molecule has 0 saturated carbocycles. The summed E-state index contributed by atoms with van der Waals surface area (Å²) in [6.45, 7) is 8.21. The van der Waals surface area contributed by atoms with Crippen LogP contribution in [0.15, 0.2) is 54.6 Å². The molecule has 0 unspecified atom stereocenters. The lowest BCUT2D eigenvalue weighted by molar-refractivity contribution is 0.0283. The normalized spacial score (nSPS) is 11.7. The zero-order chi connectivity index (χ0) is 23.3. The zero-order valence-electron chi connectivity index (χ0n) is 19.8. The fourth-order valence-electron chi connectivity index (χ4n) is 4.45. The molecule has 0 aliphatic rings. The average Bonchev–Trinajstić information content (AvgIpc) is 2.82. The number of rotatable bonds is 9. The number of aliphatic hydroxyl groups excluding tert-OH is 2. The summed E-state index contributed by atoms with van der Waals surface area (Å²) < 4.78 is 0. The van der Waals surface area contributed by atoms with Crippen molar-refractivity contribution in [2.24, 2.45) is 0 Å². The van der Waals surface area contributed by atoms with Crippen molar-refractivity contribution < 1.29 is 15.3 Å². The monoisotopic (exact) mass is 432 g/mol. The Kier molecular flexibility index (Phi) is 7.89. The van der Waals surface area contributed by atoms with Crippen LogP contribution in [0.25, 0.3) is 11.1 Å². The molecule has 3 aromatic carbocycles. The Morgan fingerprint density at radius 3 is 1.88 bits per heavy atom. The number of aryl methyl sites for hydroxylation is 4. The minimum atomic E-state index is -0.765. The predicted octanol–water partition coefficient (Wildman–Crippen LogP) is 5.75. The van der Waals surface area contributed by atoms with Crippen LogP contribution in [-0.4, -0.2) is 15.3 Å². The highest BCUT2D eigenvalue weighted by Gasteiger charge is 2.25. The van der Waals surface area contributed by atoms with E-state index in [1.807, 2.05) is 32.0 Å². The first kappa shape index (κ1) is 24.2. The SMILES string of the molecule is CCC(O)(CC)c1ccc(-c2cc(CCc3ccc(CO)c(CO)c3)ccc2C)c(C)c1. The van der Waals surface area contributed by atoms with Crippen LogP contribution in [0, 0.1) is 13.8 Å². The molecular weight excluding hydrogens is 396 g/mol. The molecule has 0 amide bonds. The Hall–Kier alpha value is -2.46. The van der Waals surface area contributed by atoms with Crippen LogP contribution in [0.2, 0.25) is 0 Å². The Morgan fingerprint density at radius 1 is 0.656 bits per heavy atom. The maximum Gasteiger partial charge on any atom is 0.0891 e. The first-order chi connectivity index (χ1) is 15.3. The number of hydrogen-bond acceptors (Lipinski definition) is 3. The number of aliphatic hydroxyl groups is 3. The largest absolute Gasteiger partial charge is 0.392 e. The van der Waals surface area contributed by atoms with Crippen molar-refractivity contribution >= 4 is 0 Å². The molecule has 3 heteroatoms. The Balaban J connectivity index is 1.85. The Morgan fingerprint density at radius 2 is 1.28 bits per heavy atom. The molecule has 0 aromatic heterocycles. The van der Waals surface area contributed by atoms with Crippen molar-refractivity contribution in [2.75, 3.05) is 0 Å². The molecule has 3 aromatic rings. The van der Waals surface area contributed by atoms with E-state index in [4.69, 9.17) is 0 Å². The minimum Gasteiger partial charge on any atom is -0.392 e. The number of hydrogen-bond donors (Lipinski definition) is 3. The van der Waals surface area contributed by atoms with Crippen LogP contribution < -0.4 is 0 Å². The molecule has 0 radical (unpaired) electrons. The minimum absolute atomic E-state index is 0.0520. The molecule has 0 fully saturated rings. The smallest absolute Gasteiger partial charge is 0.0891 e. The summed E-state index contributed by atoms with van der Waals surface area (Å²) >= 11 is 0. The summed E-state index contributed by atoms with van der Waals surface area (Å²) in [6.07, 6.45) is 3.18.